The van der Waals surface area contributed by atoms with Gasteiger partial charge in [0.25, 0.3) is 0 Å². The van der Waals surface area contributed by atoms with Crippen LogP contribution in [0.3, 0.4) is 0 Å². The first kappa shape index (κ1) is 29.1. The van der Waals surface area contributed by atoms with E-state index in [-0.39, 0.29) is 5.92 Å². The van der Waals surface area contributed by atoms with Gasteiger partial charge in [0.05, 0.1) is 22.7 Å². The molecule has 5 nitrogen and oxygen atoms in total. The number of allylic oxidation sites excluding steroid dienone is 5. The summed E-state index contributed by atoms with van der Waals surface area (Å²) in [6, 6.07) is 41.1. The molecule has 0 amide bonds. The first-order valence-electron chi connectivity index (χ1n) is 16.1. The third kappa shape index (κ3) is 4.58. The Balaban J connectivity index is 1.34. The highest BCUT2D eigenvalue weighted by molar-refractivity contribution is 6.16. The molecule has 48 heavy (non-hydrogen) atoms. The molecular formula is C43H31N5. The van der Waals surface area contributed by atoms with Crippen LogP contribution in [0.5, 0.6) is 0 Å². The molecule has 1 unspecified atom stereocenters. The minimum atomic E-state index is 0.251. The van der Waals surface area contributed by atoms with Crippen molar-refractivity contribution >= 4 is 27.4 Å². The summed E-state index contributed by atoms with van der Waals surface area (Å²) in [5.74, 6) is 1.82. The van der Waals surface area contributed by atoms with E-state index in [1.165, 1.54) is 33.0 Å². The van der Waals surface area contributed by atoms with Crippen molar-refractivity contribution in [2.24, 2.45) is 0 Å². The molecule has 0 radical (unpaired) electrons. The number of nitrogens with zero attached hydrogens (tertiary/aromatic N) is 5. The van der Waals surface area contributed by atoms with Crippen molar-refractivity contribution in [3.05, 3.63) is 162 Å². The van der Waals surface area contributed by atoms with Crippen molar-refractivity contribution in [2.45, 2.75) is 19.8 Å². The molecule has 1 aliphatic carbocycles. The number of para-hydroxylation sites is 1. The van der Waals surface area contributed by atoms with Crippen LogP contribution in [0, 0.1) is 11.3 Å². The lowest BCUT2D eigenvalue weighted by atomic mass is 9.95. The molecule has 0 fully saturated rings. The van der Waals surface area contributed by atoms with Crippen LogP contribution in [-0.2, 0) is 0 Å². The lowest BCUT2D eigenvalue weighted by Crippen LogP contribution is -2.02. The third-order valence-corrected chi connectivity index (χ3v) is 9.26. The first-order chi connectivity index (χ1) is 23.6. The van der Waals surface area contributed by atoms with Crippen LogP contribution >= 0.6 is 0 Å². The Morgan fingerprint density at radius 1 is 0.750 bits per heavy atom. The van der Waals surface area contributed by atoms with Gasteiger partial charge in [-0.3, -0.25) is 0 Å². The normalized spacial score (nSPS) is 14.1. The minimum Gasteiger partial charge on any atom is -0.309 e. The summed E-state index contributed by atoms with van der Waals surface area (Å²) in [7, 11) is 0. The highest BCUT2D eigenvalue weighted by Crippen LogP contribution is 2.48. The first-order valence-corrected chi connectivity index (χ1v) is 16.1. The van der Waals surface area contributed by atoms with Gasteiger partial charge >= 0.3 is 0 Å². The molecule has 0 N–H and O–H groups in total. The summed E-state index contributed by atoms with van der Waals surface area (Å²) in [5, 5.41) is 12.9. The average Bonchev–Trinajstić information content (AvgIpc) is 3.63. The Bertz CT molecular complexity index is 2440. The Labute approximate surface area is 279 Å². The molecular weight excluding hydrogens is 587 g/mol. The largest absolute Gasteiger partial charge is 0.309 e. The molecule has 5 heteroatoms. The molecule has 0 spiro atoms. The summed E-state index contributed by atoms with van der Waals surface area (Å²) in [6.45, 7) is 8.47. The average molecular weight is 618 g/mol. The zero-order chi connectivity index (χ0) is 32.8. The van der Waals surface area contributed by atoms with Crippen LogP contribution < -0.4 is 0 Å². The van der Waals surface area contributed by atoms with E-state index in [2.05, 4.69) is 85.7 Å². The van der Waals surface area contributed by atoms with Crippen LogP contribution in [0.2, 0.25) is 0 Å². The summed E-state index contributed by atoms with van der Waals surface area (Å²) in [6.07, 6.45) is 6.30. The van der Waals surface area contributed by atoms with Gasteiger partial charge in [-0.2, -0.15) is 5.26 Å². The molecule has 0 aliphatic heterocycles. The number of nitriles is 1. The Kier molecular flexibility index (Phi) is 7.12. The fourth-order valence-electron chi connectivity index (χ4n) is 7.07. The van der Waals surface area contributed by atoms with Crippen LogP contribution in [0.15, 0.2) is 146 Å². The molecule has 8 rings (SSSR count). The van der Waals surface area contributed by atoms with E-state index in [0.29, 0.717) is 28.6 Å². The van der Waals surface area contributed by atoms with Crippen molar-refractivity contribution in [3.8, 4) is 45.9 Å². The van der Waals surface area contributed by atoms with Gasteiger partial charge in [-0.15, -0.1) is 0 Å². The molecule has 2 heterocycles. The van der Waals surface area contributed by atoms with Gasteiger partial charge in [-0.05, 0) is 59.5 Å². The molecule has 1 atom stereocenters. The van der Waals surface area contributed by atoms with Crippen LogP contribution in [-0.4, -0.2) is 19.5 Å². The quantitative estimate of drug-likeness (QED) is 0.186. The Morgan fingerprint density at radius 3 is 2.04 bits per heavy atom. The van der Waals surface area contributed by atoms with Gasteiger partial charge in [0, 0.05) is 39.1 Å². The fourth-order valence-corrected chi connectivity index (χ4v) is 7.07. The van der Waals surface area contributed by atoms with E-state index in [1.807, 2.05) is 78.9 Å². The van der Waals surface area contributed by atoms with Crippen LogP contribution in [0.1, 0.15) is 36.5 Å². The maximum absolute atomic E-state index is 10.6. The summed E-state index contributed by atoms with van der Waals surface area (Å²) < 4.78 is 2.26. The second-order valence-corrected chi connectivity index (χ2v) is 12.0. The van der Waals surface area contributed by atoms with Gasteiger partial charge in [0.15, 0.2) is 17.5 Å². The highest BCUT2D eigenvalue weighted by atomic mass is 15.0. The second-order valence-electron chi connectivity index (χ2n) is 12.0. The number of rotatable bonds is 6. The van der Waals surface area contributed by atoms with E-state index < -0.39 is 0 Å². The maximum atomic E-state index is 10.6. The van der Waals surface area contributed by atoms with Crippen molar-refractivity contribution < 1.29 is 0 Å². The molecule has 2 aromatic heterocycles. The topological polar surface area (TPSA) is 67.4 Å². The van der Waals surface area contributed by atoms with E-state index in [4.69, 9.17) is 15.0 Å². The van der Waals surface area contributed by atoms with Gasteiger partial charge < -0.3 is 4.57 Å². The summed E-state index contributed by atoms with van der Waals surface area (Å²) >= 11 is 0. The number of benzene rings is 5. The van der Waals surface area contributed by atoms with Gasteiger partial charge in [-0.25, -0.2) is 15.0 Å². The third-order valence-electron chi connectivity index (χ3n) is 9.26. The predicted octanol–water partition coefficient (Wildman–Crippen LogP) is 10.5. The molecule has 1 aliphatic rings. The molecule has 0 bridgehead atoms. The number of hydrogen-bond donors (Lipinski definition) is 0. The van der Waals surface area contributed by atoms with E-state index in [1.54, 1.807) is 0 Å². The standard InChI is InChI=1S/C43H31N5/c1-4-14-35-32(5-2)27(3)33-23-24-38-40(39(33)35)36-19-12-13-20-37(36)48(38)31-21-22-34(30(25-31)26-44)43-46-41(28-15-8-6-9-16-28)45-42(47-43)29-17-10-7-11-18-29/h4-25,27H,2H2,1,3H3/b14-4-. The van der Waals surface area contributed by atoms with Crippen LogP contribution in [0.4, 0.5) is 0 Å². The smallest absolute Gasteiger partial charge is 0.165 e. The van der Waals surface area contributed by atoms with E-state index in [0.717, 1.165) is 27.8 Å². The number of aromatic nitrogens is 4. The number of hydrogen-bond acceptors (Lipinski definition) is 4. The van der Waals surface area contributed by atoms with Crippen molar-refractivity contribution in [3.63, 3.8) is 0 Å². The Morgan fingerprint density at radius 2 is 1.40 bits per heavy atom. The van der Waals surface area contributed by atoms with E-state index >= 15 is 0 Å². The molecule has 0 saturated heterocycles. The van der Waals surface area contributed by atoms with Crippen LogP contribution in [0.25, 0.3) is 67.2 Å². The predicted molar refractivity (Wildman–Crippen MR) is 196 cm³/mol. The van der Waals surface area contributed by atoms with Crippen molar-refractivity contribution in [2.75, 3.05) is 0 Å². The van der Waals surface area contributed by atoms with Gasteiger partial charge in [0.1, 0.15) is 0 Å². The zero-order valence-corrected chi connectivity index (χ0v) is 26.7. The summed E-state index contributed by atoms with van der Waals surface area (Å²) in [4.78, 5) is 14.6. The highest BCUT2D eigenvalue weighted by Gasteiger charge is 2.29. The van der Waals surface area contributed by atoms with Gasteiger partial charge in [0.2, 0.25) is 0 Å². The molecule has 7 aromatic rings. The molecule has 228 valence electrons. The second kappa shape index (κ2) is 11.8. The lowest BCUT2D eigenvalue weighted by Gasteiger charge is -2.13. The van der Waals surface area contributed by atoms with Gasteiger partial charge in [-0.1, -0.05) is 117 Å². The number of fused-ring (bicyclic) bond motifs is 5. The monoisotopic (exact) mass is 617 g/mol. The van der Waals surface area contributed by atoms with Crippen molar-refractivity contribution in [1.29, 1.82) is 5.26 Å². The molecule has 5 aromatic carbocycles. The minimum absolute atomic E-state index is 0.251. The summed E-state index contributed by atoms with van der Waals surface area (Å²) in [5.41, 5.74) is 11.0. The Hall–Kier alpha value is -6.38. The fraction of sp³-hybridized carbons (Fsp3) is 0.0698. The van der Waals surface area contributed by atoms with E-state index in [9.17, 15) is 5.26 Å². The maximum Gasteiger partial charge on any atom is 0.165 e. The lowest BCUT2D eigenvalue weighted by molar-refractivity contribution is 0.949. The SMILES string of the molecule is C=CC1=C(/C=C\C)c2c(ccc3c2c2ccccc2n3-c2ccc(-c3nc(-c4ccccc4)nc(-c4ccccc4)n3)c(C#N)c2)C1C. The molecule has 0 saturated carbocycles. The zero-order valence-electron chi connectivity index (χ0n) is 26.7. The van der Waals surface area contributed by atoms with Crippen molar-refractivity contribution in [1.82, 2.24) is 19.5 Å².